The maximum atomic E-state index is 13.7. The van der Waals surface area contributed by atoms with Crippen LogP contribution >= 0.6 is 11.6 Å². The highest BCUT2D eigenvalue weighted by Gasteiger charge is 2.52. The topological polar surface area (TPSA) is 37.3 Å². The molecule has 0 aromatic heterocycles. The van der Waals surface area contributed by atoms with Gasteiger partial charge in [0.25, 0.3) is 0 Å². The molecule has 0 saturated carbocycles. The van der Waals surface area contributed by atoms with E-state index in [2.05, 4.69) is 0 Å². The first-order chi connectivity index (χ1) is 10.1. The lowest BCUT2D eigenvalue weighted by molar-refractivity contribution is -0.130. The van der Waals surface area contributed by atoms with Crippen LogP contribution in [-0.4, -0.2) is 17.1 Å². The van der Waals surface area contributed by atoms with E-state index < -0.39 is 34.5 Å². The molecule has 1 atom stereocenters. The Labute approximate surface area is 128 Å². The molecular formula is C15H11ClF4O2. The number of hydrogen-bond donors (Lipinski definition) is 1. The lowest BCUT2D eigenvalue weighted by Gasteiger charge is -2.33. The normalized spacial score (nSPS) is 24.5. The van der Waals surface area contributed by atoms with Crippen molar-refractivity contribution in [3.63, 3.8) is 0 Å². The summed E-state index contributed by atoms with van der Waals surface area (Å²) in [4.78, 5) is 11.8. The van der Waals surface area contributed by atoms with Crippen LogP contribution in [0.1, 0.15) is 30.9 Å². The molecule has 0 bridgehead atoms. The number of hydrogen-bond acceptors (Lipinski definition) is 2. The van der Waals surface area contributed by atoms with Crippen molar-refractivity contribution in [3.05, 3.63) is 33.6 Å². The van der Waals surface area contributed by atoms with Gasteiger partial charge in [-0.05, 0) is 41.0 Å². The van der Waals surface area contributed by atoms with Crippen molar-refractivity contribution in [1.82, 2.24) is 0 Å². The Balaban J connectivity index is 2.40. The Hall–Kier alpha value is -1.56. The van der Waals surface area contributed by atoms with Crippen LogP contribution in [0.15, 0.2) is 11.6 Å². The molecule has 0 fully saturated rings. The predicted octanol–water partition coefficient (Wildman–Crippen LogP) is 4.43. The van der Waals surface area contributed by atoms with E-state index in [-0.39, 0.29) is 41.0 Å². The number of alkyl halides is 3. The molecule has 2 nitrogen and oxygen atoms in total. The number of ketones is 1. The zero-order valence-corrected chi connectivity index (χ0v) is 12.2. The van der Waals surface area contributed by atoms with Crippen molar-refractivity contribution >= 4 is 23.0 Å². The van der Waals surface area contributed by atoms with E-state index in [0.29, 0.717) is 0 Å². The van der Waals surface area contributed by atoms with Gasteiger partial charge >= 0.3 is 6.18 Å². The minimum atomic E-state index is -4.81. The number of halogens is 5. The quantitative estimate of drug-likeness (QED) is 0.713. The SMILES string of the molecule is CC12CCC(=O)C(C(F)(F)F)=C1c1cc(F)c(O)c(Cl)c1C2. The third kappa shape index (κ3) is 1.96. The van der Waals surface area contributed by atoms with E-state index in [1.165, 1.54) is 0 Å². The van der Waals surface area contributed by atoms with Crippen LogP contribution in [0.5, 0.6) is 5.75 Å². The van der Waals surface area contributed by atoms with Crippen molar-refractivity contribution in [1.29, 1.82) is 0 Å². The molecule has 1 N–H and O–H groups in total. The molecule has 1 unspecified atom stereocenters. The zero-order chi connectivity index (χ0) is 16.4. The van der Waals surface area contributed by atoms with Gasteiger partial charge in [0.2, 0.25) is 0 Å². The number of carbonyl (C=O) groups is 1. The fourth-order valence-corrected chi connectivity index (χ4v) is 3.71. The Kier molecular flexibility index (Phi) is 3.12. The number of benzene rings is 1. The maximum absolute atomic E-state index is 13.7. The second-order valence-electron chi connectivity index (χ2n) is 5.96. The van der Waals surface area contributed by atoms with Gasteiger partial charge in [-0.3, -0.25) is 4.79 Å². The van der Waals surface area contributed by atoms with Gasteiger partial charge in [0.15, 0.2) is 17.3 Å². The number of phenolic OH excluding ortho intramolecular Hbond substituents is 1. The van der Waals surface area contributed by atoms with Crippen LogP contribution in [0, 0.1) is 11.2 Å². The molecule has 3 rings (SSSR count). The second-order valence-corrected chi connectivity index (χ2v) is 6.33. The highest BCUT2D eigenvalue weighted by Crippen LogP contribution is 2.58. The number of fused-ring (bicyclic) bond motifs is 3. The predicted molar refractivity (Wildman–Crippen MR) is 72.1 cm³/mol. The Morgan fingerprint density at radius 1 is 1.36 bits per heavy atom. The number of aromatic hydroxyl groups is 1. The standard InChI is InChI=1S/C15H11ClF4O2/c1-14-3-2-9(21)11(15(18,19)20)10(14)6-4-8(17)13(22)12(16)7(6)5-14/h4,22H,2-3,5H2,1H3. The summed E-state index contributed by atoms with van der Waals surface area (Å²) in [7, 11) is 0. The van der Waals surface area contributed by atoms with E-state index in [9.17, 15) is 27.5 Å². The van der Waals surface area contributed by atoms with E-state index in [4.69, 9.17) is 11.6 Å². The third-order valence-electron chi connectivity index (χ3n) is 4.45. The van der Waals surface area contributed by atoms with Gasteiger partial charge in [-0.1, -0.05) is 18.5 Å². The molecule has 0 heterocycles. The van der Waals surface area contributed by atoms with Crippen LogP contribution in [0.25, 0.3) is 5.57 Å². The minimum Gasteiger partial charge on any atom is -0.504 e. The van der Waals surface area contributed by atoms with Crippen LogP contribution in [0.3, 0.4) is 0 Å². The summed E-state index contributed by atoms with van der Waals surface area (Å²) in [5, 5.41) is 9.27. The lowest BCUT2D eigenvalue weighted by Crippen LogP contribution is -2.32. The molecule has 1 aromatic carbocycles. The van der Waals surface area contributed by atoms with Crippen LogP contribution in [0.4, 0.5) is 17.6 Å². The van der Waals surface area contributed by atoms with Gasteiger partial charge in [0, 0.05) is 6.42 Å². The van der Waals surface area contributed by atoms with Crippen molar-refractivity contribution < 1.29 is 27.5 Å². The average molecular weight is 335 g/mol. The molecule has 0 amide bonds. The Morgan fingerprint density at radius 2 is 2.00 bits per heavy atom. The molecule has 2 aliphatic rings. The molecule has 2 aliphatic carbocycles. The van der Waals surface area contributed by atoms with Crippen LogP contribution in [0.2, 0.25) is 5.02 Å². The lowest BCUT2D eigenvalue weighted by atomic mass is 9.71. The molecule has 1 aromatic rings. The number of phenols is 1. The highest BCUT2D eigenvalue weighted by atomic mass is 35.5. The number of rotatable bonds is 0. The Morgan fingerprint density at radius 3 is 2.59 bits per heavy atom. The van der Waals surface area contributed by atoms with Crippen molar-refractivity contribution in [2.24, 2.45) is 5.41 Å². The summed E-state index contributed by atoms with van der Waals surface area (Å²) in [6.45, 7) is 1.60. The first kappa shape index (κ1) is 15.3. The fourth-order valence-electron chi connectivity index (χ4n) is 3.45. The first-order valence-corrected chi connectivity index (χ1v) is 6.99. The zero-order valence-electron chi connectivity index (χ0n) is 11.4. The summed E-state index contributed by atoms with van der Waals surface area (Å²) in [5.74, 6) is -2.86. The van der Waals surface area contributed by atoms with E-state index in [1.807, 2.05) is 0 Å². The van der Waals surface area contributed by atoms with Gasteiger partial charge in [-0.25, -0.2) is 4.39 Å². The average Bonchev–Trinajstić information content (AvgIpc) is 2.69. The van der Waals surface area contributed by atoms with Crippen molar-refractivity contribution in [3.8, 4) is 5.75 Å². The molecule has 22 heavy (non-hydrogen) atoms. The number of carbonyl (C=O) groups excluding carboxylic acids is 1. The van der Waals surface area contributed by atoms with E-state index in [1.54, 1.807) is 6.92 Å². The fraction of sp³-hybridized carbons (Fsp3) is 0.400. The Bertz CT molecular complexity index is 736. The molecule has 7 heteroatoms. The molecule has 0 spiro atoms. The first-order valence-electron chi connectivity index (χ1n) is 6.61. The second kappa shape index (κ2) is 4.47. The van der Waals surface area contributed by atoms with Gasteiger partial charge in [-0.15, -0.1) is 0 Å². The van der Waals surface area contributed by atoms with Crippen molar-refractivity contribution in [2.75, 3.05) is 0 Å². The summed E-state index contributed by atoms with van der Waals surface area (Å²) < 4.78 is 53.7. The summed E-state index contributed by atoms with van der Waals surface area (Å²) in [5.41, 5.74) is -2.13. The maximum Gasteiger partial charge on any atom is 0.420 e. The summed E-state index contributed by atoms with van der Waals surface area (Å²) in [6, 6.07) is 0.835. The third-order valence-corrected chi connectivity index (χ3v) is 4.86. The van der Waals surface area contributed by atoms with E-state index >= 15 is 0 Å². The smallest absolute Gasteiger partial charge is 0.420 e. The van der Waals surface area contributed by atoms with Gasteiger partial charge < -0.3 is 5.11 Å². The molecule has 0 aliphatic heterocycles. The molecule has 118 valence electrons. The van der Waals surface area contributed by atoms with Gasteiger partial charge in [-0.2, -0.15) is 13.2 Å². The largest absolute Gasteiger partial charge is 0.504 e. The minimum absolute atomic E-state index is 0.0248. The molecule has 0 radical (unpaired) electrons. The number of allylic oxidation sites excluding steroid dienone is 2. The van der Waals surface area contributed by atoms with E-state index in [0.717, 1.165) is 6.07 Å². The monoisotopic (exact) mass is 334 g/mol. The highest BCUT2D eigenvalue weighted by molar-refractivity contribution is 6.33. The van der Waals surface area contributed by atoms with Crippen LogP contribution in [-0.2, 0) is 11.2 Å². The number of Topliss-reactive ketones (excluding diaryl/α,β-unsaturated/α-hetero) is 1. The summed E-state index contributed by atoms with van der Waals surface area (Å²) >= 11 is 5.89. The van der Waals surface area contributed by atoms with Gasteiger partial charge in [0.05, 0.1) is 5.02 Å². The molecular weight excluding hydrogens is 324 g/mol. The van der Waals surface area contributed by atoms with Crippen molar-refractivity contribution in [2.45, 2.75) is 32.4 Å². The van der Waals surface area contributed by atoms with Crippen LogP contribution < -0.4 is 0 Å². The summed E-state index contributed by atoms with van der Waals surface area (Å²) in [6.07, 6.45) is -4.66. The van der Waals surface area contributed by atoms with Gasteiger partial charge in [0.1, 0.15) is 5.57 Å². The molecule has 0 saturated heterocycles.